The lowest BCUT2D eigenvalue weighted by Gasteiger charge is -2.45. The number of allylic oxidation sites excluding steroid dienone is 4. The molecule has 164 valence electrons. The first-order valence-electron chi connectivity index (χ1n) is 13.0. The number of rotatable bonds is 8. The standard InChI is InChI=1S/C28H47N/c1-3-4-14-24(18-19-26-17-12-8-9-13-22-29-26)23(2)27-20-21-28(27)25-15-10-6-5-7-11-16-25/h4,8,12,14,24-29H,2-3,5-7,9-11,13,15-22H2,1H3. The van der Waals surface area contributed by atoms with Gasteiger partial charge in [0.2, 0.25) is 0 Å². The van der Waals surface area contributed by atoms with Crippen LogP contribution < -0.4 is 5.32 Å². The Hall–Kier alpha value is -0.820. The first-order valence-corrected chi connectivity index (χ1v) is 13.0. The minimum atomic E-state index is 0.590. The van der Waals surface area contributed by atoms with E-state index < -0.39 is 0 Å². The van der Waals surface area contributed by atoms with Crippen LogP contribution in [-0.4, -0.2) is 12.6 Å². The average molecular weight is 398 g/mol. The fraction of sp³-hybridized carbons (Fsp3) is 0.786. The summed E-state index contributed by atoms with van der Waals surface area (Å²) < 4.78 is 0. The molecule has 4 unspecified atom stereocenters. The van der Waals surface area contributed by atoms with Crippen LogP contribution in [0.4, 0.5) is 0 Å². The second kappa shape index (κ2) is 12.8. The molecule has 2 aliphatic carbocycles. The van der Waals surface area contributed by atoms with Gasteiger partial charge >= 0.3 is 0 Å². The van der Waals surface area contributed by atoms with Gasteiger partial charge in [0, 0.05) is 6.04 Å². The molecule has 0 aromatic carbocycles. The molecule has 3 rings (SSSR count). The van der Waals surface area contributed by atoms with Gasteiger partial charge in [0.05, 0.1) is 0 Å². The quantitative estimate of drug-likeness (QED) is 0.409. The van der Waals surface area contributed by atoms with Gasteiger partial charge in [-0.1, -0.05) is 88.3 Å². The summed E-state index contributed by atoms with van der Waals surface area (Å²) in [6.07, 6.45) is 30.3. The van der Waals surface area contributed by atoms with Gasteiger partial charge in [-0.25, -0.2) is 0 Å². The van der Waals surface area contributed by atoms with Crippen molar-refractivity contribution < 1.29 is 0 Å². The van der Waals surface area contributed by atoms with E-state index in [1.807, 2.05) is 0 Å². The smallest absolute Gasteiger partial charge is 0.0102 e. The number of nitrogens with one attached hydrogen (secondary N) is 1. The van der Waals surface area contributed by atoms with Crippen LogP contribution in [0, 0.1) is 23.7 Å². The lowest BCUT2D eigenvalue weighted by Crippen LogP contribution is -2.36. The molecular formula is C28H47N. The minimum Gasteiger partial charge on any atom is -0.314 e. The van der Waals surface area contributed by atoms with E-state index in [1.165, 1.54) is 96.4 Å². The Labute approximate surface area is 181 Å². The van der Waals surface area contributed by atoms with Crippen LogP contribution in [0.15, 0.2) is 36.5 Å². The van der Waals surface area contributed by atoms with Gasteiger partial charge < -0.3 is 5.32 Å². The molecule has 1 heterocycles. The molecule has 0 radical (unpaired) electrons. The minimum absolute atomic E-state index is 0.590. The summed E-state index contributed by atoms with van der Waals surface area (Å²) in [5.41, 5.74) is 1.58. The van der Waals surface area contributed by atoms with E-state index in [2.05, 4.69) is 36.5 Å². The highest BCUT2D eigenvalue weighted by molar-refractivity contribution is 5.17. The van der Waals surface area contributed by atoms with Crippen LogP contribution in [0.25, 0.3) is 0 Å². The fourth-order valence-electron chi connectivity index (χ4n) is 6.04. The van der Waals surface area contributed by atoms with Gasteiger partial charge in [-0.2, -0.15) is 0 Å². The maximum atomic E-state index is 4.73. The van der Waals surface area contributed by atoms with Gasteiger partial charge in [0.15, 0.2) is 0 Å². The van der Waals surface area contributed by atoms with Gasteiger partial charge in [0.1, 0.15) is 0 Å². The Morgan fingerprint density at radius 1 is 1.03 bits per heavy atom. The Balaban J connectivity index is 1.56. The van der Waals surface area contributed by atoms with E-state index >= 15 is 0 Å². The third-order valence-electron chi connectivity index (χ3n) is 8.03. The lowest BCUT2D eigenvalue weighted by atomic mass is 9.60. The molecular weight excluding hydrogens is 350 g/mol. The van der Waals surface area contributed by atoms with Crippen molar-refractivity contribution in [3.05, 3.63) is 36.5 Å². The van der Waals surface area contributed by atoms with Crippen LogP contribution in [0.5, 0.6) is 0 Å². The Bertz CT molecular complexity index is 522. The predicted octanol–water partition coefficient (Wildman–Crippen LogP) is 7.99. The summed E-state index contributed by atoms with van der Waals surface area (Å²) in [6, 6.07) is 0.652. The highest BCUT2D eigenvalue weighted by Gasteiger charge is 2.39. The van der Waals surface area contributed by atoms with Crippen LogP contribution in [-0.2, 0) is 0 Å². The van der Waals surface area contributed by atoms with Crippen molar-refractivity contribution in [3.8, 4) is 0 Å². The molecule has 0 aromatic heterocycles. The van der Waals surface area contributed by atoms with Crippen LogP contribution in [0.3, 0.4) is 0 Å². The maximum Gasteiger partial charge on any atom is 0.0102 e. The van der Waals surface area contributed by atoms with E-state index in [0.29, 0.717) is 12.0 Å². The van der Waals surface area contributed by atoms with Crippen molar-refractivity contribution in [1.82, 2.24) is 5.32 Å². The molecule has 0 amide bonds. The molecule has 1 heteroatoms. The molecule has 2 fully saturated rings. The molecule has 29 heavy (non-hydrogen) atoms. The first kappa shape index (κ1) is 22.9. The third-order valence-corrected chi connectivity index (χ3v) is 8.03. The van der Waals surface area contributed by atoms with Gasteiger partial charge in [0.25, 0.3) is 0 Å². The SMILES string of the molecule is C=C(C(C=CCC)CCC1CC=CCCCN1)C1CCC1C1CCCCCCC1. The molecule has 0 bridgehead atoms. The number of hydrogen-bond acceptors (Lipinski definition) is 1. The predicted molar refractivity (Wildman–Crippen MR) is 128 cm³/mol. The molecule has 0 spiro atoms. The summed E-state index contributed by atoms with van der Waals surface area (Å²) in [4.78, 5) is 0. The summed E-state index contributed by atoms with van der Waals surface area (Å²) in [5.74, 6) is 3.32. The topological polar surface area (TPSA) is 12.0 Å². The van der Waals surface area contributed by atoms with Crippen molar-refractivity contribution in [2.75, 3.05) is 6.54 Å². The van der Waals surface area contributed by atoms with Gasteiger partial charge in [-0.3, -0.25) is 0 Å². The normalized spacial score (nSPS) is 30.7. The number of hydrogen-bond donors (Lipinski definition) is 1. The summed E-state index contributed by atoms with van der Waals surface area (Å²) in [6.45, 7) is 8.17. The Morgan fingerprint density at radius 2 is 1.83 bits per heavy atom. The monoisotopic (exact) mass is 397 g/mol. The van der Waals surface area contributed by atoms with Crippen molar-refractivity contribution in [2.24, 2.45) is 23.7 Å². The molecule has 4 atom stereocenters. The second-order valence-corrected chi connectivity index (χ2v) is 10.0. The summed E-state index contributed by atoms with van der Waals surface area (Å²) >= 11 is 0. The van der Waals surface area contributed by atoms with E-state index in [4.69, 9.17) is 6.58 Å². The zero-order valence-electron chi connectivity index (χ0n) is 19.2. The maximum absolute atomic E-state index is 4.73. The van der Waals surface area contributed by atoms with Crippen molar-refractivity contribution in [1.29, 1.82) is 0 Å². The van der Waals surface area contributed by atoms with Gasteiger partial charge in [-0.05, 0) is 81.6 Å². The Morgan fingerprint density at radius 3 is 2.55 bits per heavy atom. The second-order valence-electron chi connectivity index (χ2n) is 10.0. The van der Waals surface area contributed by atoms with Crippen molar-refractivity contribution >= 4 is 0 Å². The molecule has 1 N–H and O–H groups in total. The third kappa shape index (κ3) is 7.12. The van der Waals surface area contributed by atoms with Crippen LogP contribution >= 0.6 is 0 Å². The van der Waals surface area contributed by atoms with Crippen LogP contribution in [0.1, 0.15) is 103 Å². The van der Waals surface area contributed by atoms with E-state index in [1.54, 1.807) is 5.57 Å². The lowest BCUT2D eigenvalue weighted by molar-refractivity contribution is 0.105. The Kier molecular flexibility index (Phi) is 10.1. The molecule has 3 aliphatic rings. The molecule has 2 saturated carbocycles. The highest BCUT2D eigenvalue weighted by Crippen LogP contribution is 2.49. The van der Waals surface area contributed by atoms with E-state index in [-0.39, 0.29) is 0 Å². The molecule has 0 aromatic rings. The molecule has 1 aliphatic heterocycles. The van der Waals surface area contributed by atoms with Crippen molar-refractivity contribution in [3.63, 3.8) is 0 Å². The molecule has 0 saturated heterocycles. The zero-order valence-corrected chi connectivity index (χ0v) is 19.2. The summed E-state index contributed by atoms with van der Waals surface area (Å²) in [5, 5.41) is 3.80. The van der Waals surface area contributed by atoms with E-state index in [9.17, 15) is 0 Å². The van der Waals surface area contributed by atoms with E-state index in [0.717, 1.165) is 24.2 Å². The highest BCUT2D eigenvalue weighted by atomic mass is 14.9. The van der Waals surface area contributed by atoms with Crippen molar-refractivity contribution in [2.45, 2.75) is 109 Å². The average Bonchev–Trinajstić information content (AvgIpc) is 2.64. The van der Waals surface area contributed by atoms with Gasteiger partial charge in [-0.15, -0.1) is 0 Å². The fourth-order valence-corrected chi connectivity index (χ4v) is 6.04. The molecule has 1 nitrogen and oxygen atoms in total. The first-order chi connectivity index (χ1) is 14.3. The zero-order chi connectivity index (χ0) is 20.3. The van der Waals surface area contributed by atoms with Crippen LogP contribution in [0.2, 0.25) is 0 Å². The largest absolute Gasteiger partial charge is 0.314 e. The summed E-state index contributed by atoms with van der Waals surface area (Å²) in [7, 11) is 0.